The highest BCUT2D eigenvalue weighted by Gasteiger charge is 2.68. The number of carboxylic acid groups (broad SMARTS) is 2. The van der Waals surface area contributed by atoms with Gasteiger partial charge in [0, 0.05) is 5.92 Å². The molecular weight excluding hydrogens is 422 g/mol. The molecule has 0 unspecified atom stereocenters. The molecule has 0 saturated carbocycles. The van der Waals surface area contributed by atoms with E-state index in [9.17, 15) is 29.4 Å². The smallest absolute Gasteiger partial charge is 0.239 e. The Labute approximate surface area is 187 Å². The zero-order chi connectivity index (χ0) is 23.1. The van der Waals surface area contributed by atoms with Gasteiger partial charge in [-0.25, -0.2) is 4.90 Å². The number of rotatable bonds is 3. The number of aromatic carboxylic acids is 1. The van der Waals surface area contributed by atoms with Gasteiger partial charge in [-0.15, -0.1) is 0 Å². The maximum absolute atomic E-state index is 13.8. The highest BCUT2D eigenvalue weighted by atomic mass is 16.4. The van der Waals surface area contributed by atoms with Crippen LogP contribution >= 0.6 is 0 Å². The van der Waals surface area contributed by atoms with E-state index in [0.29, 0.717) is 22.3 Å². The Hall–Kier alpha value is -4.26. The molecule has 2 amide bonds. The van der Waals surface area contributed by atoms with E-state index >= 15 is 0 Å². The first-order chi connectivity index (χ1) is 15.9. The van der Waals surface area contributed by atoms with Crippen molar-refractivity contribution >= 4 is 29.4 Å². The maximum Gasteiger partial charge on any atom is 0.239 e. The van der Waals surface area contributed by atoms with Crippen LogP contribution in [0.3, 0.4) is 0 Å². The second-order valence-electron chi connectivity index (χ2n) is 8.60. The molecule has 4 aliphatic rings. The van der Waals surface area contributed by atoms with Crippen LogP contribution in [-0.4, -0.2) is 23.8 Å². The number of hydrogen-bond donors (Lipinski definition) is 0. The predicted molar refractivity (Wildman–Crippen MR) is 111 cm³/mol. The molecule has 0 radical (unpaired) electrons. The van der Waals surface area contributed by atoms with Gasteiger partial charge < -0.3 is 19.8 Å². The van der Waals surface area contributed by atoms with Gasteiger partial charge >= 0.3 is 0 Å². The van der Waals surface area contributed by atoms with E-state index in [0.717, 1.165) is 4.90 Å². The van der Waals surface area contributed by atoms with Gasteiger partial charge in [-0.2, -0.15) is 0 Å². The Morgan fingerprint density at radius 1 is 0.758 bits per heavy atom. The Morgan fingerprint density at radius 3 is 1.82 bits per heavy atom. The molecule has 2 atom stereocenters. The molecule has 33 heavy (non-hydrogen) atoms. The summed E-state index contributed by atoms with van der Waals surface area (Å²) in [6.07, 6.45) is 0. The van der Waals surface area contributed by atoms with Crippen molar-refractivity contribution < 1.29 is 29.4 Å². The summed E-state index contributed by atoms with van der Waals surface area (Å²) in [6, 6.07) is 19.2. The number of carbonyl (C=O) groups excluding carboxylic acids is 4. The molecule has 1 fully saturated rings. The summed E-state index contributed by atoms with van der Waals surface area (Å²) in [5, 5.41) is 24.0. The fourth-order valence-corrected chi connectivity index (χ4v) is 6.12. The van der Waals surface area contributed by atoms with E-state index in [1.807, 2.05) is 0 Å². The molecule has 7 rings (SSSR count). The van der Waals surface area contributed by atoms with Crippen molar-refractivity contribution in [2.45, 2.75) is 11.3 Å². The molecule has 1 heterocycles. The van der Waals surface area contributed by atoms with Crippen molar-refractivity contribution in [3.05, 3.63) is 101 Å². The maximum atomic E-state index is 13.8. The Morgan fingerprint density at radius 2 is 1.30 bits per heavy atom. The molecule has 0 spiro atoms. The standard InChI is InChI=1S/C26H17NO6/c28-22-20-19-15-5-1-3-7-17(15)26(25(32)33,18-8-4-2-6-16(18)19)21(20)23(29)27(22)14-11-9-13(10-12-14)24(30)31/h1-12,19-21H,(H,30,31)(H,32,33)/p-2/t19?,20-,21+,26?/m0/s1. The highest BCUT2D eigenvalue weighted by molar-refractivity contribution is 6.25. The highest BCUT2D eigenvalue weighted by Crippen LogP contribution is 2.64. The van der Waals surface area contributed by atoms with E-state index in [4.69, 9.17) is 0 Å². The minimum atomic E-state index is -1.81. The molecule has 162 valence electrons. The van der Waals surface area contributed by atoms with E-state index in [2.05, 4.69) is 0 Å². The van der Waals surface area contributed by atoms with Gasteiger partial charge in [-0.3, -0.25) is 9.59 Å². The lowest BCUT2D eigenvalue weighted by molar-refractivity contribution is -0.314. The number of imide groups is 1. The zero-order valence-electron chi connectivity index (χ0n) is 17.1. The molecule has 7 nitrogen and oxygen atoms in total. The topological polar surface area (TPSA) is 118 Å². The van der Waals surface area contributed by atoms with Gasteiger partial charge in [0.15, 0.2) is 0 Å². The van der Waals surface area contributed by atoms with Gasteiger partial charge in [0.05, 0.1) is 34.9 Å². The number of amides is 2. The second-order valence-corrected chi connectivity index (χ2v) is 8.60. The number of carboxylic acids is 2. The summed E-state index contributed by atoms with van der Waals surface area (Å²) in [4.78, 5) is 52.5. The van der Waals surface area contributed by atoms with Crippen LogP contribution in [0.25, 0.3) is 0 Å². The Balaban J connectivity index is 1.61. The van der Waals surface area contributed by atoms with Gasteiger partial charge in [-0.05, 0) is 39.9 Å². The van der Waals surface area contributed by atoms with Crippen LogP contribution in [0.4, 0.5) is 5.69 Å². The summed E-state index contributed by atoms with van der Waals surface area (Å²) >= 11 is 0. The van der Waals surface area contributed by atoms with Crippen LogP contribution in [0.5, 0.6) is 0 Å². The normalized spacial score (nSPS) is 26.5. The van der Waals surface area contributed by atoms with Gasteiger partial charge in [0.25, 0.3) is 0 Å². The number of carbonyl (C=O) groups is 4. The van der Waals surface area contributed by atoms with Crippen molar-refractivity contribution in [3.8, 4) is 0 Å². The molecule has 1 aliphatic heterocycles. The van der Waals surface area contributed by atoms with E-state index in [1.165, 1.54) is 24.3 Å². The van der Waals surface area contributed by atoms with Crippen LogP contribution < -0.4 is 15.1 Å². The largest absolute Gasteiger partial charge is 0.549 e. The molecule has 1 saturated heterocycles. The zero-order valence-corrected chi connectivity index (χ0v) is 17.1. The summed E-state index contributed by atoms with van der Waals surface area (Å²) in [7, 11) is 0. The van der Waals surface area contributed by atoms with Crippen LogP contribution in [0.1, 0.15) is 38.5 Å². The fraction of sp³-hybridized carbons (Fsp3) is 0.154. The van der Waals surface area contributed by atoms with Gasteiger partial charge in [0.1, 0.15) is 0 Å². The lowest BCUT2D eigenvalue weighted by Crippen LogP contribution is -2.61. The van der Waals surface area contributed by atoms with Crippen LogP contribution in [0.2, 0.25) is 0 Å². The summed E-state index contributed by atoms with van der Waals surface area (Å²) in [5.74, 6) is -6.52. The molecule has 2 bridgehead atoms. The monoisotopic (exact) mass is 437 g/mol. The predicted octanol–water partition coefficient (Wildman–Crippen LogP) is 0.351. The number of aliphatic carboxylic acids is 1. The average Bonchev–Trinajstić information content (AvgIpc) is 3.09. The van der Waals surface area contributed by atoms with Crippen LogP contribution in [0, 0.1) is 11.8 Å². The number of nitrogens with zero attached hydrogens (tertiary/aromatic N) is 1. The van der Waals surface area contributed by atoms with Crippen molar-refractivity contribution in [2.24, 2.45) is 11.8 Å². The first-order valence-corrected chi connectivity index (χ1v) is 10.5. The third-order valence-electron chi connectivity index (χ3n) is 7.30. The molecule has 3 aromatic carbocycles. The van der Waals surface area contributed by atoms with Crippen molar-refractivity contribution in [3.63, 3.8) is 0 Å². The molecule has 0 N–H and O–H groups in total. The Bertz CT molecular complexity index is 1340. The fourth-order valence-electron chi connectivity index (χ4n) is 6.12. The molecule has 3 aliphatic carbocycles. The van der Waals surface area contributed by atoms with Crippen molar-refractivity contribution in [1.82, 2.24) is 0 Å². The third-order valence-corrected chi connectivity index (χ3v) is 7.30. The molecule has 3 aromatic rings. The molecule has 7 heteroatoms. The van der Waals surface area contributed by atoms with Gasteiger partial charge in [0.2, 0.25) is 11.8 Å². The number of anilines is 1. The molecule has 0 aromatic heterocycles. The third kappa shape index (κ3) is 2.18. The summed E-state index contributed by atoms with van der Waals surface area (Å²) in [5.41, 5.74) is 0.648. The SMILES string of the molecule is O=C([O-])c1ccc(N2C(=O)[C@H]3C4c5ccccc5C(C(=O)[O-])(c5ccccc54)[C@H]3C2=O)cc1. The van der Waals surface area contributed by atoms with E-state index in [1.54, 1.807) is 48.5 Å². The van der Waals surface area contributed by atoms with Crippen molar-refractivity contribution in [2.75, 3.05) is 4.90 Å². The van der Waals surface area contributed by atoms with Crippen molar-refractivity contribution in [1.29, 1.82) is 0 Å². The first kappa shape index (κ1) is 19.4. The van der Waals surface area contributed by atoms with E-state index < -0.39 is 46.9 Å². The second kappa shape index (κ2) is 6.38. The first-order valence-electron chi connectivity index (χ1n) is 10.5. The van der Waals surface area contributed by atoms with Crippen LogP contribution in [0.15, 0.2) is 72.8 Å². The summed E-state index contributed by atoms with van der Waals surface area (Å²) < 4.78 is 0. The minimum Gasteiger partial charge on any atom is -0.549 e. The quantitative estimate of drug-likeness (QED) is 0.546. The average molecular weight is 437 g/mol. The van der Waals surface area contributed by atoms with Gasteiger partial charge in [-0.1, -0.05) is 60.7 Å². The summed E-state index contributed by atoms with van der Waals surface area (Å²) in [6.45, 7) is 0. The Kier molecular flexibility index (Phi) is 3.76. The number of benzene rings is 3. The lowest BCUT2D eigenvalue weighted by atomic mass is 9.47. The molecular formula is C26H15NO6-2. The van der Waals surface area contributed by atoms with Crippen LogP contribution in [-0.2, 0) is 19.8 Å². The number of hydrogen-bond acceptors (Lipinski definition) is 6. The lowest BCUT2D eigenvalue weighted by Gasteiger charge is -2.54. The minimum absolute atomic E-state index is 0.0960. The van der Waals surface area contributed by atoms with E-state index in [-0.39, 0.29) is 11.3 Å².